The van der Waals surface area contributed by atoms with Crippen molar-refractivity contribution in [2.45, 2.75) is 0 Å². The van der Waals surface area contributed by atoms with Gasteiger partial charge in [-0.05, 0) is 48.5 Å². The van der Waals surface area contributed by atoms with Crippen LogP contribution in [-0.2, 0) is 10.2 Å². The van der Waals surface area contributed by atoms with Crippen LogP contribution < -0.4 is 10.0 Å². The largest absolute Gasteiger partial charge is 0.356 e. The van der Waals surface area contributed by atoms with E-state index in [-0.39, 0.29) is 0 Å². The Morgan fingerprint density at radius 1 is 0.857 bits per heavy atom. The average molecular weight is 370 g/mol. The lowest BCUT2D eigenvalue weighted by Gasteiger charge is -2.14. The fraction of sp³-hybridized carbons (Fsp3) is 0.143. The van der Waals surface area contributed by atoms with Crippen molar-refractivity contribution in [3.63, 3.8) is 0 Å². The zero-order valence-corrected chi connectivity index (χ0v) is 14.1. The van der Waals surface area contributed by atoms with Crippen LogP contribution in [0.15, 0.2) is 53.0 Å². The van der Waals surface area contributed by atoms with Crippen molar-refractivity contribution in [2.75, 3.05) is 24.1 Å². The van der Waals surface area contributed by atoms with Crippen molar-refractivity contribution in [1.82, 2.24) is 4.31 Å². The molecule has 0 aliphatic rings. The zero-order valence-electron chi connectivity index (χ0n) is 11.7. The van der Waals surface area contributed by atoms with Crippen LogP contribution in [0.3, 0.4) is 0 Å². The first kappa shape index (κ1) is 15.8. The summed E-state index contributed by atoms with van der Waals surface area (Å²) in [6.45, 7) is 0. The quantitative estimate of drug-likeness (QED) is 0.848. The molecule has 2 rings (SSSR count). The number of anilines is 3. The van der Waals surface area contributed by atoms with Crippen LogP contribution in [0.2, 0.25) is 0 Å². The van der Waals surface area contributed by atoms with Gasteiger partial charge in [-0.25, -0.2) is 0 Å². The Bertz CT molecular complexity index is 698. The lowest BCUT2D eigenvalue weighted by atomic mass is 10.2. The van der Waals surface area contributed by atoms with Crippen molar-refractivity contribution in [3.05, 3.63) is 53.0 Å². The third-order valence-electron chi connectivity index (χ3n) is 2.75. The Morgan fingerprint density at radius 2 is 1.29 bits per heavy atom. The molecule has 0 heterocycles. The number of benzene rings is 2. The van der Waals surface area contributed by atoms with E-state index in [1.807, 2.05) is 36.4 Å². The molecule has 5 nitrogen and oxygen atoms in total. The number of halogens is 1. The van der Waals surface area contributed by atoms with Gasteiger partial charge in [0.15, 0.2) is 0 Å². The van der Waals surface area contributed by atoms with E-state index in [0.717, 1.165) is 20.2 Å². The maximum absolute atomic E-state index is 11.7. The summed E-state index contributed by atoms with van der Waals surface area (Å²) in [7, 11) is -0.514. The normalized spacial score (nSPS) is 11.4. The topological polar surface area (TPSA) is 61.4 Å². The molecule has 0 aliphatic carbocycles. The lowest BCUT2D eigenvalue weighted by Crippen LogP contribution is -2.28. The molecule has 0 fully saturated rings. The maximum atomic E-state index is 11.7. The Hall–Kier alpha value is -1.57. The van der Waals surface area contributed by atoms with Gasteiger partial charge >= 0.3 is 10.2 Å². The minimum atomic E-state index is -3.47. The summed E-state index contributed by atoms with van der Waals surface area (Å²) >= 11 is 3.38. The van der Waals surface area contributed by atoms with E-state index in [0.29, 0.717) is 5.69 Å². The third-order valence-corrected chi connectivity index (χ3v) is 4.73. The molecule has 7 heteroatoms. The van der Waals surface area contributed by atoms with Gasteiger partial charge in [0.1, 0.15) is 0 Å². The van der Waals surface area contributed by atoms with Crippen molar-refractivity contribution >= 4 is 43.2 Å². The summed E-state index contributed by atoms with van der Waals surface area (Å²) in [5, 5.41) is 3.24. The molecule has 2 aromatic carbocycles. The minimum absolute atomic E-state index is 0.519. The van der Waals surface area contributed by atoms with Crippen LogP contribution in [0, 0.1) is 0 Å². The average Bonchev–Trinajstić information content (AvgIpc) is 2.43. The van der Waals surface area contributed by atoms with E-state index < -0.39 is 10.2 Å². The van der Waals surface area contributed by atoms with Gasteiger partial charge in [-0.2, -0.15) is 12.7 Å². The monoisotopic (exact) mass is 369 g/mol. The highest BCUT2D eigenvalue weighted by Gasteiger charge is 2.12. The van der Waals surface area contributed by atoms with E-state index in [9.17, 15) is 8.42 Å². The molecule has 0 saturated heterocycles. The van der Waals surface area contributed by atoms with Gasteiger partial charge in [-0.3, -0.25) is 4.72 Å². The first-order chi connectivity index (χ1) is 9.87. The molecule has 112 valence electrons. The second-order valence-electron chi connectivity index (χ2n) is 4.60. The van der Waals surface area contributed by atoms with Gasteiger partial charge in [0.05, 0.1) is 0 Å². The first-order valence-corrected chi connectivity index (χ1v) is 8.43. The summed E-state index contributed by atoms with van der Waals surface area (Å²) < 4.78 is 28.0. The summed E-state index contributed by atoms with van der Waals surface area (Å²) in [5.41, 5.74) is 2.36. The summed E-state index contributed by atoms with van der Waals surface area (Å²) in [5.74, 6) is 0. The maximum Gasteiger partial charge on any atom is 0.301 e. The Labute approximate surface area is 133 Å². The molecule has 0 bridgehead atoms. The Morgan fingerprint density at radius 3 is 1.76 bits per heavy atom. The Kier molecular flexibility index (Phi) is 4.87. The van der Waals surface area contributed by atoms with Crippen molar-refractivity contribution in [2.24, 2.45) is 0 Å². The molecule has 0 aliphatic heterocycles. The van der Waals surface area contributed by atoms with Crippen LogP contribution in [0.25, 0.3) is 0 Å². The second-order valence-corrected chi connectivity index (χ2v) is 7.40. The number of hydrogen-bond acceptors (Lipinski definition) is 3. The molecule has 0 amide bonds. The molecule has 0 saturated carbocycles. The highest BCUT2D eigenvalue weighted by molar-refractivity contribution is 9.10. The molecule has 0 atom stereocenters. The predicted molar refractivity (Wildman–Crippen MR) is 90.1 cm³/mol. The molecule has 0 spiro atoms. The van der Waals surface area contributed by atoms with Gasteiger partial charge in [0.2, 0.25) is 0 Å². The zero-order chi connectivity index (χ0) is 15.5. The predicted octanol–water partition coefficient (Wildman–Crippen LogP) is 3.41. The van der Waals surface area contributed by atoms with Gasteiger partial charge in [-0.15, -0.1) is 0 Å². The van der Waals surface area contributed by atoms with Gasteiger partial charge in [0.25, 0.3) is 0 Å². The second kappa shape index (κ2) is 6.46. The smallest absolute Gasteiger partial charge is 0.301 e. The fourth-order valence-corrected chi connectivity index (χ4v) is 2.44. The highest BCUT2D eigenvalue weighted by Crippen LogP contribution is 2.21. The number of nitrogens with one attached hydrogen (secondary N) is 2. The van der Waals surface area contributed by atoms with Crippen molar-refractivity contribution in [3.8, 4) is 0 Å². The molecule has 2 N–H and O–H groups in total. The van der Waals surface area contributed by atoms with E-state index in [1.54, 1.807) is 12.1 Å². The molecule has 2 aromatic rings. The lowest BCUT2D eigenvalue weighted by molar-refractivity contribution is 0.527. The van der Waals surface area contributed by atoms with Crippen LogP contribution in [0.5, 0.6) is 0 Å². The number of hydrogen-bond donors (Lipinski definition) is 2. The minimum Gasteiger partial charge on any atom is -0.356 e. The van der Waals surface area contributed by atoms with Crippen LogP contribution in [0.4, 0.5) is 17.1 Å². The van der Waals surface area contributed by atoms with Crippen molar-refractivity contribution in [1.29, 1.82) is 0 Å². The summed E-state index contributed by atoms with van der Waals surface area (Å²) in [6.07, 6.45) is 0. The van der Waals surface area contributed by atoms with E-state index >= 15 is 0 Å². The first-order valence-electron chi connectivity index (χ1n) is 6.20. The van der Waals surface area contributed by atoms with Gasteiger partial charge < -0.3 is 5.32 Å². The Balaban J connectivity index is 2.07. The molecule has 21 heavy (non-hydrogen) atoms. The molecule has 0 aromatic heterocycles. The van der Waals surface area contributed by atoms with Crippen LogP contribution in [-0.4, -0.2) is 26.8 Å². The standard InChI is InChI=1S/C14H16BrN3O2S/c1-18(2)21(19,20)17-14-9-7-13(8-10-14)16-12-5-3-11(15)4-6-12/h3-10,16-17H,1-2H3. The highest BCUT2D eigenvalue weighted by atomic mass is 79.9. The molecule has 0 unspecified atom stereocenters. The summed E-state index contributed by atoms with van der Waals surface area (Å²) in [4.78, 5) is 0. The SMILES string of the molecule is CN(C)S(=O)(=O)Nc1ccc(Nc2ccc(Br)cc2)cc1. The van der Waals surface area contributed by atoms with E-state index in [2.05, 4.69) is 26.0 Å². The molecular formula is C14H16BrN3O2S. The van der Waals surface area contributed by atoms with Crippen LogP contribution >= 0.6 is 15.9 Å². The van der Waals surface area contributed by atoms with Crippen LogP contribution in [0.1, 0.15) is 0 Å². The fourth-order valence-electron chi connectivity index (χ4n) is 1.56. The number of rotatable bonds is 5. The molecular weight excluding hydrogens is 354 g/mol. The third kappa shape index (κ3) is 4.45. The number of nitrogens with zero attached hydrogens (tertiary/aromatic N) is 1. The van der Waals surface area contributed by atoms with E-state index in [4.69, 9.17) is 0 Å². The molecule has 0 radical (unpaired) electrons. The van der Waals surface area contributed by atoms with E-state index in [1.165, 1.54) is 14.1 Å². The summed E-state index contributed by atoms with van der Waals surface area (Å²) in [6, 6.07) is 14.8. The van der Waals surface area contributed by atoms with Gasteiger partial charge in [0, 0.05) is 35.6 Å². The van der Waals surface area contributed by atoms with Gasteiger partial charge in [-0.1, -0.05) is 15.9 Å². The van der Waals surface area contributed by atoms with Crippen molar-refractivity contribution < 1.29 is 8.42 Å².